The molecule has 1 aliphatic carbocycles. The summed E-state index contributed by atoms with van der Waals surface area (Å²) in [5.74, 6) is 1.05. The predicted molar refractivity (Wildman–Crippen MR) is 81.8 cm³/mol. The normalized spacial score (nSPS) is 21.4. The van der Waals surface area contributed by atoms with Gasteiger partial charge in [-0.1, -0.05) is 37.5 Å². The van der Waals surface area contributed by atoms with Gasteiger partial charge in [-0.25, -0.2) is 0 Å². The van der Waals surface area contributed by atoms with E-state index in [4.69, 9.17) is 0 Å². The van der Waals surface area contributed by atoms with E-state index in [1.165, 1.54) is 69.7 Å². The van der Waals surface area contributed by atoms with Crippen molar-refractivity contribution in [2.75, 3.05) is 37.6 Å². The van der Waals surface area contributed by atoms with Gasteiger partial charge in [-0.05, 0) is 37.4 Å². The Bertz CT molecular complexity index is 403. The smallest absolute Gasteiger partial charge is 0.0396 e. The zero-order valence-electron chi connectivity index (χ0n) is 12.1. The van der Waals surface area contributed by atoms with Crippen LogP contribution in [0.5, 0.6) is 0 Å². The molecule has 0 radical (unpaired) electrons. The Morgan fingerprint density at radius 2 is 1.79 bits per heavy atom. The first-order valence-corrected chi connectivity index (χ1v) is 7.86. The van der Waals surface area contributed by atoms with E-state index in [1.54, 1.807) is 0 Å². The summed E-state index contributed by atoms with van der Waals surface area (Å²) in [6.45, 7) is 8.40. The van der Waals surface area contributed by atoms with Gasteiger partial charge < -0.3 is 4.90 Å². The number of nitrogens with zero attached hydrogens (tertiary/aromatic N) is 2. The van der Waals surface area contributed by atoms with Gasteiger partial charge in [-0.15, -0.1) is 0 Å². The summed E-state index contributed by atoms with van der Waals surface area (Å²) in [6.07, 6.45) is 5.89. The van der Waals surface area contributed by atoms with Crippen LogP contribution in [0.4, 0.5) is 5.69 Å². The number of para-hydroxylation sites is 1. The monoisotopic (exact) mass is 258 g/mol. The second kappa shape index (κ2) is 5.96. The molecule has 19 heavy (non-hydrogen) atoms. The minimum atomic E-state index is 1.05. The predicted octanol–water partition coefficient (Wildman–Crippen LogP) is 3.31. The summed E-state index contributed by atoms with van der Waals surface area (Å²) < 4.78 is 0. The lowest BCUT2D eigenvalue weighted by Gasteiger charge is -2.38. The van der Waals surface area contributed by atoms with Crippen molar-refractivity contribution < 1.29 is 0 Å². The summed E-state index contributed by atoms with van der Waals surface area (Å²) in [5.41, 5.74) is 2.84. The van der Waals surface area contributed by atoms with Crippen LogP contribution < -0.4 is 4.90 Å². The quantitative estimate of drug-likeness (QED) is 0.817. The van der Waals surface area contributed by atoms with E-state index in [2.05, 4.69) is 41.0 Å². The van der Waals surface area contributed by atoms with Crippen LogP contribution in [0, 0.1) is 12.8 Å². The first-order chi connectivity index (χ1) is 9.33. The molecule has 2 heteroatoms. The number of piperazine rings is 1. The van der Waals surface area contributed by atoms with Gasteiger partial charge in [0.2, 0.25) is 0 Å². The Morgan fingerprint density at radius 3 is 2.42 bits per heavy atom. The highest BCUT2D eigenvalue weighted by Crippen LogP contribution is 2.29. The van der Waals surface area contributed by atoms with Crippen LogP contribution in [0.2, 0.25) is 0 Å². The molecule has 0 N–H and O–H groups in total. The maximum absolute atomic E-state index is 2.66. The largest absolute Gasteiger partial charge is 0.369 e. The van der Waals surface area contributed by atoms with Crippen molar-refractivity contribution in [2.45, 2.75) is 32.6 Å². The van der Waals surface area contributed by atoms with Gasteiger partial charge >= 0.3 is 0 Å². The highest BCUT2D eigenvalue weighted by molar-refractivity contribution is 5.53. The fourth-order valence-corrected chi connectivity index (χ4v) is 3.28. The average molecular weight is 258 g/mol. The van der Waals surface area contributed by atoms with Gasteiger partial charge in [0.1, 0.15) is 0 Å². The summed E-state index contributed by atoms with van der Waals surface area (Å²) >= 11 is 0. The zero-order chi connectivity index (χ0) is 13.1. The van der Waals surface area contributed by atoms with Crippen LogP contribution in [-0.4, -0.2) is 37.6 Å². The fraction of sp³-hybridized carbons (Fsp3) is 0.647. The molecule has 2 aliphatic rings. The molecule has 1 saturated heterocycles. The second-order valence-electron chi connectivity index (χ2n) is 6.20. The summed E-state index contributed by atoms with van der Waals surface area (Å²) in [6, 6.07) is 8.77. The van der Waals surface area contributed by atoms with E-state index in [0.29, 0.717) is 0 Å². The Morgan fingerprint density at radius 1 is 1.05 bits per heavy atom. The van der Waals surface area contributed by atoms with Gasteiger partial charge in [0.25, 0.3) is 0 Å². The SMILES string of the molecule is Cc1ccccc1N1CCN(CCC2CCC2)CC1. The summed E-state index contributed by atoms with van der Waals surface area (Å²) in [5, 5.41) is 0. The molecule has 1 saturated carbocycles. The van der Waals surface area contributed by atoms with Crippen LogP contribution in [0.1, 0.15) is 31.2 Å². The fourth-order valence-electron chi connectivity index (χ4n) is 3.28. The molecule has 0 aromatic heterocycles. The van der Waals surface area contributed by atoms with Crippen molar-refractivity contribution in [2.24, 2.45) is 5.92 Å². The van der Waals surface area contributed by atoms with Crippen molar-refractivity contribution >= 4 is 5.69 Å². The van der Waals surface area contributed by atoms with E-state index >= 15 is 0 Å². The zero-order valence-corrected chi connectivity index (χ0v) is 12.1. The van der Waals surface area contributed by atoms with Gasteiger partial charge in [-0.2, -0.15) is 0 Å². The van der Waals surface area contributed by atoms with E-state index in [1.807, 2.05) is 0 Å². The van der Waals surface area contributed by atoms with Crippen LogP contribution in [0.25, 0.3) is 0 Å². The number of hydrogen-bond donors (Lipinski definition) is 0. The molecule has 0 unspecified atom stereocenters. The van der Waals surface area contributed by atoms with Crippen molar-refractivity contribution in [3.05, 3.63) is 29.8 Å². The summed E-state index contributed by atoms with van der Waals surface area (Å²) in [4.78, 5) is 5.21. The molecule has 0 amide bonds. The number of benzene rings is 1. The Labute approximate surface area is 117 Å². The van der Waals surface area contributed by atoms with Gasteiger partial charge in [0.05, 0.1) is 0 Å². The molecule has 1 aromatic rings. The average Bonchev–Trinajstić information content (AvgIpc) is 2.39. The lowest BCUT2D eigenvalue weighted by molar-refractivity contribution is 0.205. The van der Waals surface area contributed by atoms with Crippen molar-refractivity contribution in [1.29, 1.82) is 0 Å². The molecule has 2 fully saturated rings. The minimum Gasteiger partial charge on any atom is -0.369 e. The first kappa shape index (κ1) is 13.0. The second-order valence-corrected chi connectivity index (χ2v) is 6.20. The number of hydrogen-bond acceptors (Lipinski definition) is 2. The molecule has 0 spiro atoms. The third-order valence-electron chi connectivity index (χ3n) is 4.91. The maximum Gasteiger partial charge on any atom is 0.0396 e. The Hall–Kier alpha value is -1.02. The Balaban J connectivity index is 1.47. The van der Waals surface area contributed by atoms with E-state index < -0.39 is 0 Å². The topological polar surface area (TPSA) is 6.48 Å². The van der Waals surface area contributed by atoms with E-state index in [0.717, 1.165) is 5.92 Å². The summed E-state index contributed by atoms with van der Waals surface area (Å²) in [7, 11) is 0. The van der Waals surface area contributed by atoms with Gasteiger partial charge in [0, 0.05) is 31.9 Å². The van der Waals surface area contributed by atoms with E-state index in [-0.39, 0.29) is 0 Å². The van der Waals surface area contributed by atoms with Crippen molar-refractivity contribution in [3.8, 4) is 0 Å². The van der Waals surface area contributed by atoms with Crippen LogP contribution in [0.15, 0.2) is 24.3 Å². The van der Waals surface area contributed by atoms with Crippen LogP contribution in [0.3, 0.4) is 0 Å². The highest BCUT2D eigenvalue weighted by Gasteiger charge is 2.21. The third kappa shape index (κ3) is 3.11. The lowest BCUT2D eigenvalue weighted by atomic mass is 9.83. The molecule has 2 nitrogen and oxygen atoms in total. The molecular weight excluding hydrogens is 232 g/mol. The Kier molecular flexibility index (Phi) is 4.07. The standard InChI is InChI=1S/C17H26N2/c1-15-5-2-3-8-17(15)19-13-11-18(12-14-19)10-9-16-6-4-7-16/h2-3,5,8,16H,4,6-7,9-14H2,1H3. The van der Waals surface area contributed by atoms with Gasteiger partial charge in [-0.3, -0.25) is 4.90 Å². The van der Waals surface area contributed by atoms with Crippen LogP contribution in [-0.2, 0) is 0 Å². The number of aryl methyl sites for hydroxylation is 1. The van der Waals surface area contributed by atoms with Crippen LogP contribution >= 0.6 is 0 Å². The molecular formula is C17H26N2. The molecule has 1 aliphatic heterocycles. The molecule has 1 heterocycles. The first-order valence-electron chi connectivity index (χ1n) is 7.86. The van der Waals surface area contributed by atoms with Gasteiger partial charge in [0.15, 0.2) is 0 Å². The highest BCUT2D eigenvalue weighted by atomic mass is 15.3. The minimum absolute atomic E-state index is 1.05. The molecule has 0 bridgehead atoms. The molecule has 1 aromatic carbocycles. The number of rotatable bonds is 4. The lowest BCUT2D eigenvalue weighted by Crippen LogP contribution is -2.47. The molecule has 3 rings (SSSR count). The van der Waals surface area contributed by atoms with Crippen molar-refractivity contribution in [1.82, 2.24) is 4.90 Å². The third-order valence-corrected chi connectivity index (χ3v) is 4.91. The van der Waals surface area contributed by atoms with E-state index in [9.17, 15) is 0 Å². The number of anilines is 1. The molecule has 0 atom stereocenters. The molecule has 104 valence electrons. The maximum atomic E-state index is 2.66. The van der Waals surface area contributed by atoms with Crippen molar-refractivity contribution in [3.63, 3.8) is 0 Å².